The van der Waals surface area contributed by atoms with Gasteiger partial charge in [-0.3, -0.25) is 38.8 Å². The first-order valence-electron chi connectivity index (χ1n) is 37.5. The molecule has 602 valence electrons. The fourth-order valence-electron chi connectivity index (χ4n) is 11.5. The predicted octanol–water partition coefficient (Wildman–Crippen LogP) is 16.3. The molecule has 0 spiro atoms. The maximum Gasteiger partial charge on any atom is 0.259 e. The molecule has 0 saturated carbocycles. The molecule has 0 bridgehead atoms. The van der Waals surface area contributed by atoms with E-state index in [2.05, 4.69) is 25.8 Å². The van der Waals surface area contributed by atoms with Gasteiger partial charge in [0.15, 0.2) is 47.7 Å². The lowest BCUT2D eigenvalue weighted by Gasteiger charge is -2.25. The van der Waals surface area contributed by atoms with Crippen LogP contribution < -0.4 is 45.0 Å². The zero-order valence-electron chi connectivity index (χ0n) is 65.6. The summed E-state index contributed by atoms with van der Waals surface area (Å²) in [4.78, 5) is 88.9. The third kappa shape index (κ3) is 28.9. The molecule has 5 amide bonds. The van der Waals surface area contributed by atoms with Gasteiger partial charge in [0.25, 0.3) is 23.6 Å². The number of aliphatic imine (C=N–C) groups is 1. The lowest BCUT2D eigenvalue weighted by atomic mass is 10.1. The zero-order valence-corrected chi connectivity index (χ0v) is 67.9. The number of pyridine rings is 2. The van der Waals surface area contributed by atoms with Crippen molar-refractivity contribution in [2.75, 3.05) is 73.0 Å². The Morgan fingerprint density at radius 1 is 0.448 bits per heavy atom. The van der Waals surface area contributed by atoms with Crippen LogP contribution in [-0.2, 0) is 71.5 Å². The number of amides is 5. The first-order chi connectivity index (χ1) is 56.3. The number of anilines is 1. The van der Waals surface area contributed by atoms with Crippen LogP contribution in [0, 0.1) is 5.92 Å². The number of halogens is 3. The molecule has 0 radical (unpaired) electrons. The smallest absolute Gasteiger partial charge is 0.259 e. The second-order valence-corrected chi connectivity index (χ2v) is 28.1. The van der Waals surface area contributed by atoms with E-state index in [-0.39, 0.29) is 49.3 Å². The van der Waals surface area contributed by atoms with Gasteiger partial charge in [-0.25, -0.2) is 10.5 Å². The van der Waals surface area contributed by atoms with Crippen LogP contribution in [0.5, 0.6) is 34.5 Å². The molecule has 0 unspecified atom stereocenters. The van der Waals surface area contributed by atoms with Gasteiger partial charge in [0, 0.05) is 107 Å². The number of nitrogens with two attached hydrogens (primary N) is 1. The molecule has 22 nitrogen and oxygen atoms in total. The van der Waals surface area contributed by atoms with Gasteiger partial charge in [-0.2, -0.15) is 0 Å². The summed E-state index contributed by atoms with van der Waals surface area (Å²) in [5.41, 5.74) is 17.1. The molecule has 0 fully saturated rings. The Morgan fingerprint density at radius 3 is 1.27 bits per heavy atom. The summed E-state index contributed by atoms with van der Waals surface area (Å²) in [6.07, 6.45) is 4.62. The van der Waals surface area contributed by atoms with Gasteiger partial charge in [0.05, 0.1) is 41.9 Å². The molecule has 11 aromatic rings. The Labute approximate surface area is 692 Å². The summed E-state index contributed by atoms with van der Waals surface area (Å²) in [5, 5.41) is 4.57. The van der Waals surface area contributed by atoms with E-state index < -0.39 is 5.91 Å². The number of hydrogen-bond acceptors (Lipinski definition) is 15. The number of ether oxygens (including phenoxy) is 6. The summed E-state index contributed by atoms with van der Waals surface area (Å²) >= 11 is 18.7. The molecule has 0 aliphatic carbocycles. The van der Waals surface area contributed by atoms with Crippen LogP contribution in [0.3, 0.4) is 0 Å². The second kappa shape index (κ2) is 46.6. The van der Waals surface area contributed by atoms with Gasteiger partial charge in [0.1, 0.15) is 19.8 Å². The summed E-state index contributed by atoms with van der Waals surface area (Å²) in [6.45, 7) is 7.08. The van der Waals surface area contributed by atoms with Crippen molar-refractivity contribution in [1.29, 1.82) is 0 Å². The van der Waals surface area contributed by atoms with Crippen molar-refractivity contribution < 1.29 is 57.2 Å². The van der Waals surface area contributed by atoms with Crippen molar-refractivity contribution in [2.24, 2.45) is 16.6 Å². The topological polar surface area (TPSA) is 251 Å². The molecule has 25 heteroatoms. The van der Waals surface area contributed by atoms with E-state index in [0.717, 1.165) is 50.5 Å². The number of hydrogen-bond donors (Lipinski definition) is 3. The molecule has 0 atom stereocenters. The highest BCUT2D eigenvalue weighted by molar-refractivity contribution is 6.34. The number of rotatable bonds is 36. The Morgan fingerprint density at radius 2 is 0.862 bits per heavy atom. The van der Waals surface area contributed by atoms with E-state index in [0.29, 0.717) is 139 Å². The molecule has 2 heterocycles. The normalized spacial score (nSPS) is 10.8. The molecule has 4 N–H and O–H groups in total. The first-order valence-corrected chi connectivity index (χ1v) is 38.6. The maximum atomic E-state index is 13.6. The molecule has 116 heavy (non-hydrogen) atoms. The monoisotopic (exact) mass is 1620 g/mol. The van der Waals surface area contributed by atoms with Gasteiger partial charge >= 0.3 is 0 Å². The van der Waals surface area contributed by atoms with Crippen LogP contribution in [0.15, 0.2) is 272 Å². The fourth-order valence-corrected chi connectivity index (χ4v) is 12.0. The SMILES string of the molecule is CN(C)C(=O)COc1cc(CN(CCc2ccccn2)C(=O)c2ccccc2Cl)ccc1OCc1ccccc1.CONC(=NCCN(Cc1ccc(OCc2ccccc2)c(OC)c1)C(=O)C(C)C)Nc1ccc(Cl)cc1.NC(=O)COc1cc(CN(CCc2ccccn2)C(=O)c2ccccc2Cl)ccc1OCc1ccccc1. The molecule has 0 aliphatic rings. The highest BCUT2D eigenvalue weighted by atomic mass is 35.5. The highest BCUT2D eigenvalue weighted by Gasteiger charge is 2.24. The van der Waals surface area contributed by atoms with E-state index >= 15 is 0 Å². The van der Waals surface area contributed by atoms with Crippen LogP contribution in [0.1, 0.15) is 79.3 Å². The Balaban J connectivity index is 0.000000199. The van der Waals surface area contributed by atoms with Gasteiger partial charge in [0.2, 0.25) is 11.9 Å². The standard InChI is InChI=1S/C32H32ClN3O4.C30H28ClN3O4.C29H35ClN4O4/c1-35(2)31(37)23-40-30-20-25(15-16-29(30)39-22-24-10-4-3-5-11-24)21-36(19-17-26-12-8-9-18-34-26)32(38)27-13-6-7-14-28(27)33;31-26-12-5-4-11-25(26)30(36)34(17-15-24-10-6-7-16-33-24)19-23-13-14-27(28(18-23)38-21-29(32)35)37-20-22-8-2-1-3-9-22;1-21(2)28(35)34(17-16-31-29(33-37-4)32-25-13-11-24(30)12-14-25)19-23-10-15-26(27(18-23)36-3)38-20-22-8-6-5-7-9-22/h3-16,18,20H,17,19,21-23H2,1-2H3;1-14,16,18H,15,17,19-21H2,(H2,32,35);5-15,18,21H,16-17,19-20H2,1-4H3,(H2,31,32,33). The number of nitrogens with one attached hydrogen (secondary N) is 2. The number of likely N-dealkylation sites (N-methyl/N-ethyl adjacent to an activating group) is 1. The number of carbonyl (C=O) groups is 5. The Hall–Kier alpha value is -12.5. The number of nitrogens with zero attached hydrogens (tertiary/aromatic N) is 7. The minimum absolute atomic E-state index is 0.0375. The number of methoxy groups -OCH3 is 1. The Bertz CT molecular complexity index is 4950. The van der Waals surface area contributed by atoms with Crippen molar-refractivity contribution in [3.63, 3.8) is 0 Å². The number of carbonyl (C=O) groups excluding carboxylic acids is 5. The largest absolute Gasteiger partial charge is 0.493 e. The van der Waals surface area contributed by atoms with Crippen LogP contribution in [0.2, 0.25) is 15.1 Å². The van der Waals surface area contributed by atoms with Gasteiger partial charge in [-0.1, -0.05) is 194 Å². The minimum atomic E-state index is -0.602. The van der Waals surface area contributed by atoms with E-state index in [1.165, 1.54) is 12.0 Å². The van der Waals surface area contributed by atoms with Gasteiger partial charge < -0.3 is 59.1 Å². The average molecular weight is 1630 g/mol. The lowest BCUT2D eigenvalue weighted by Crippen LogP contribution is -2.36. The molecule has 0 aliphatic heterocycles. The van der Waals surface area contributed by atoms with E-state index in [1.54, 1.807) is 121 Å². The number of primary amides is 1. The van der Waals surface area contributed by atoms with Crippen molar-refractivity contribution in [1.82, 2.24) is 35.0 Å². The number of benzene rings is 9. The maximum absolute atomic E-state index is 13.6. The fraction of sp³-hybridized carbons (Fsp3) is 0.231. The molecule has 0 saturated heterocycles. The second-order valence-electron chi connectivity index (χ2n) is 26.8. The van der Waals surface area contributed by atoms with E-state index in [1.807, 2.05) is 196 Å². The molecular formula is C91H95Cl3N10O12. The summed E-state index contributed by atoms with van der Waals surface area (Å²) in [5.74, 6) is 2.19. The number of guanidine groups is 1. The first kappa shape index (κ1) is 87.5. The van der Waals surface area contributed by atoms with Crippen molar-refractivity contribution in [3.8, 4) is 34.5 Å². The Kier molecular flexibility index (Phi) is 35.2. The van der Waals surface area contributed by atoms with Gasteiger partial charge in [-0.05, 0) is 143 Å². The number of aromatic nitrogens is 2. The van der Waals surface area contributed by atoms with E-state index in [4.69, 9.17) is 73.8 Å². The highest BCUT2D eigenvalue weighted by Crippen LogP contribution is 2.34. The molecular weight excluding hydrogens is 1530 g/mol. The van der Waals surface area contributed by atoms with Crippen molar-refractivity contribution in [3.05, 3.63) is 338 Å². The van der Waals surface area contributed by atoms with Gasteiger partial charge in [-0.15, -0.1) is 0 Å². The van der Waals surface area contributed by atoms with Crippen molar-refractivity contribution >= 4 is 76.0 Å². The van der Waals surface area contributed by atoms with E-state index in [9.17, 15) is 24.0 Å². The van der Waals surface area contributed by atoms with Crippen LogP contribution in [0.4, 0.5) is 5.69 Å². The lowest BCUT2D eigenvalue weighted by molar-refractivity contribution is -0.135. The van der Waals surface area contributed by atoms with Crippen molar-refractivity contribution in [2.45, 2.75) is 66.1 Å². The van der Waals surface area contributed by atoms with Crippen LogP contribution >= 0.6 is 34.8 Å². The average Bonchev–Trinajstić information content (AvgIpc) is 0.837. The molecule has 11 rings (SSSR count). The summed E-state index contributed by atoms with van der Waals surface area (Å²) in [7, 11) is 6.47. The quantitative estimate of drug-likeness (QED) is 0.0187. The molecule has 9 aromatic carbocycles. The predicted molar refractivity (Wildman–Crippen MR) is 453 cm³/mol. The summed E-state index contributed by atoms with van der Waals surface area (Å²) < 4.78 is 35.2. The summed E-state index contributed by atoms with van der Waals surface area (Å²) in [6, 6.07) is 78.8. The molecule has 2 aromatic heterocycles. The third-order valence-corrected chi connectivity index (χ3v) is 18.5. The third-order valence-electron chi connectivity index (χ3n) is 17.6. The van der Waals surface area contributed by atoms with Crippen LogP contribution in [-0.4, -0.2) is 133 Å². The zero-order chi connectivity index (χ0) is 82.4. The minimum Gasteiger partial charge on any atom is -0.493 e. The van der Waals surface area contributed by atoms with Crippen LogP contribution in [0.25, 0.3) is 0 Å². The number of hydroxylamine groups is 1.